The van der Waals surface area contributed by atoms with Crippen LogP contribution in [0, 0.1) is 103 Å². The monoisotopic (exact) mass is 1610 g/mol. The van der Waals surface area contributed by atoms with Crippen molar-refractivity contribution in [2.45, 2.75) is 270 Å². The molecule has 0 aliphatic heterocycles. The second kappa shape index (κ2) is 34.7. The molecule has 18 rings (SSSR count). The molecule has 0 unspecified atom stereocenters. The minimum Gasteiger partial charge on any atom is -0.206 e. The largest absolute Gasteiger partial charge is 0.223 e. The summed E-state index contributed by atoms with van der Waals surface area (Å²) < 4.78 is 38.5. The summed E-state index contributed by atoms with van der Waals surface area (Å²) in [6, 6.07) is 59.8. The lowest BCUT2D eigenvalue weighted by molar-refractivity contribution is -0.659. The number of nitrogens with zero attached hydrogens (tertiary/aromatic N) is 4. The predicted octanol–water partition coefficient (Wildman–Crippen LogP) is 29.6. The third kappa shape index (κ3) is 18.2. The van der Waals surface area contributed by atoms with Gasteiger partial charge >= 0.3 is 0 Å². The number of halogens is 2. The summed E-state index contributed by atoms with van der Waals surface area (Å²) in [6.45, 7) is 39.9. The standard InChI is InChI=1S/C33H38N.C28H34N.2C27H33FN/c1-22-8-7-9-23(2)31(22)28-11-12-29(24(3)20-28)32-30-13-10-26(21-27(30)16-19-34(32)6)25-14-17-33(4,5)18-15-25;1-19-16-21-6-5-7-22(21)18-26(19)27-25-9-8-23(17-24(25)12-15-29(27)4)20-10-13-28(2,3)14-11-20;1-17-15-24(18(2)19(3)25(17)28)26-23-8-7-21(16-22(23)11-14-29(26)6)20-9-12-27(4,5)13-10-20;1-17-15-18(2)25(28)24(19(17)3)26-23-8-7-21(16-22(23)11-14-29(26)6)20-9-12-27(4,5)13-10-20/h7-13,16,19-21,25H,14-15,17-18H2,1-6H3;8-9,12,15-18,20H,5-7,10-11,13-14H2,1-4H3;2*7-8,11,14-16,20H,9-10,12-13H2,1-6H3/q4*+1. The van der Waals surface area contributed by atoms with Crippen LogP contribution >= 0.6 is 0 Å². The Balaban J connectivity index is 0.000000126. The number of aromatic nitrogens is 4. The van der Waals surface area contributed by atoms with Gasteiger partial charge in [0.25, 0.3) is 0 Å². The van der Waals surface area contributed by atoms with E-state index in [-0.39, 0.29) is 11.6 Å². The highest BCUT2D eigenvalue weighted by Crippen LogP contribution is 2.49. The Hall–Kier alpha value is -9.52. The SMILES string of the molecule is Cc1cc(-c2c(C)cccc2C)ccc1-c1c2ccc(C3CCC(C)(C)CC3)cc2cc[n+]1C.Cc1cc(-c2c3ccc(C4CCC(C)(C)CC4)cc3cc[n+]2C)c(C)c(C)c1F.Cc1cc(C)c(F)c(-c2c3ccc(C4CCC(C)(C)CC4)cc3cc[n+]2C)c1C.Cc1cc2c(cc1-c1c3ccc(C4CCC(C)(C)CC4)cc3cc[n+]1C)CCC2. The average molecular weight is 1610 g/mol. The second-order valence-corrected chi connectivity index (χ2v) is 41.5. The Morgan fingerprint density at radius 1 is 0.281 bits per heavy atom. The number of hydrogen-bond acceptors (Lipinski definition) is 0. The van der Waals surface area contributed by atoms with Crippen molar-refractivity contribution in [1.82, 2.24) is 0 Å². The van der Waals surface area contributed by atoms with Crippen LogP contribution in [-0.2, 0) is 41.0 Å². The smallest absolute Gasteiger partial charge is 0.206 e. The first-order chi connectivity index (χ1) is 57.5. The van der Waals surface area contributed by atoms with Crippen LogP contribution in [0.2, 0.25) is 0 Å². The van der Waals surface area contributed by atoms with Crippen LogP contribution in [0.25, 0.3) is 99.2 Å². The number of rotatable bonds is 9. The molecule has 4 aromatic heterocycles. The van der Waals surface area contributed by atoms with Crippen molar-refractivity contribution in [3.8, 4) is 56.2 Å². The maximum atomic E-state index is 15.3. The molecular formula is C115H138F2N4+4. The van der Waals surface area contributed by atoms with Gasteiger partial charge in [-0.2, -0.15) is 0 Å². The van der Waals surface area contributed by atoms with Crippen LogP contribution in [0.4, 0.5) is 8.78 Å². The summed E-state index contributed by atoms with van der Waals surface area (Å²) in [5.41, 5.74) is 33.9. The molecule has 0 N–H and O–H groups in total. The van der Waals surface area contributed by atoms with Gasteiger partial charge in [0.15, 0.2) is 24.8 Å². The summed E-state index contributed by atoms with van der Waals surface area (Å²) in [7, 11) is 8.46. The highest BCUT2D eigenvalue weighted by Gasteiger charge is 2.35. The van der Waals surface area contributed by atoms with E-state index in [1.807, 2.05) is 53.8 Å². The molecule has 0 bridgehead atoms. The fourth-order valence-electron chi connectivity index (χ4n) is 21.8. The van der Waals surface area contributed by atoms with Gasteiger partial charge in [-0.1, -0.05) is 146 Å². The first-order valence-corrected chi connectivity index (χ1v) is 46.0. The lowest BCUT2D eigenvalue weighted by Crippen LogP contribution is -2.31. The molecule has 0 radical (unpaired) electrons. The summed E-state index contributed by atoms with van der Waals surface area (Å²) in [5.74, 6) is 2.55. The molecule has 4 nitrogen and oxygen atoms in total. The van der Waals surface area contributed by atoms with Gasteiger partial charge in [-0.3, -0.25) is 0 Å². The molecule has 0 amide bonds. The Bertz CT molecular complexity index is 6050. The minimum absolute atomic E-state index is 0.0864. The zero-order valence-corrected chi connectivity index (χ0v) is 77.6. The van der Waals surface area contributed by atoms with E-state index in [2.05, 4.69) is 300 Å². The van der Waals surface area contributed by atoms with E-state index in [1.54, 1.807) is 16.7 Å². The summed E-state index contributed by atoms with van der Waals surface area (Å²) in [4.78, 5) is 0. The fourth-order valence-corrected chi connectivity index (χ4v) is 21.8. The van der Waals surface area contributed by atoms with Crippen molar-refractivity contribution in [3.63, 3.8) is 0 Å². The van der Waals surface area contributed by atoms with Crippen molar-refractivity contribution < 1.29 is 27.0 Å². The molecule has 6 heteroatoms. The molecule has 5 aliphatic carbocycles. The predicted molar refractivity (Wildman–Crippen MR) is 507 cm³/mol. The number of aryl methyl sites for hydroxylation is 13. The summed E-state index contributed by atoms with van der Waals surface area (Å²) in [5, 5.41) is 10.3. The zero-order valence-electron chi connectivity index (χ0n) is 77.6. The van der Waals surface area contributed by atoms with Crippen molar-refractivity contribution in [2.24, 2.45) is 49.9 Å². The van der Waals surface area contributed by atoms with E-state index >= 15 is 4.39 Å². The van der Waals surface area contributed by atoms with Gasteiger partial charge in [0, 0.05) is 35.4 Å². The highest BCUT2D eigenvalue weighted by atomic mass is 19.1. The van der Waals surface area contributed by atoms with Crippen molar-refractivity contribution in [1.29, 1.82) is 0 Å². The molecule has 4 fully saturated rings. The number of fused-ring (bicyclic) bond motifs is 5. The number of pyridine rings is 4. The highest BCUT2D eigenvalue weighted by molar-refractivity contribution is 5.98. The van der Waals surface area contributed by atoms with Crippen LogP contribution in [0.5, 0.6) is 0 Å². The van der Waals surface area contributed by atoms with E-state index in [0.29, 0.717) is 50.5 Å². The number of hydrogen-bond donors (Lipinski definition) is 0. The Morgan fingerprint density at radius 3 is 1.02 bits per heavy atom. The van der Waals surface area contributed by atoms with E-state index in [0.717, 1.165) is 50.4 Å². The van der Waals surface area contributed by atoms with Gasteiger partial charge in [0.2, 0.25) is 22.8 Å². The summed E-state index contributed by atoms with van der Waals surface area (Å²) in [6.07, 6.45) is 33.4. The van der Waals surface area contributed by atoms with Gasteiger partial charge in [-0.25, -0.2) is 27.0 Å². The first kappa shape index (κ1) is 86.4. The lowest BCUT2D eigenvalue weighted by atomic mass is 9.71. The molecule has 5 aliphatic rings. The molecule has 0 spiro atoms. The molecule has 4 heterocycles. The second-order valence-electron chi connectivity index (χ2n) is 41.5. The van der Waals surface area contributed by atoms with Crippen LogP contribution in [0.15, 0.2) is 183 Å². The number of benzene rings is 9. The molecule has 0 saturated heterocycles. The zero-order chi connectivity index (χ0) is 86.1. The molecule has 9 aromatic carbocycles. The Labute approximate surface area is 725 Å². The average Bonchev–Trinajstić information content (AvgIpc) is 1.06. The molecule has 13 aromatic rings. The van der Waals surface area contributed by atoms with Gasteiger partial charge < -0.3 is 0 Å². The van der Waals surface area contributed by atoms with E-state index < -0.39 is 0 Å². The lowest BCUT2D eigenvalue weighted by Gasteiger charge is -2.34. The molecule has 4 saturated carbocycles. The van der Waals surface area contributed by atoms with Crippen molar-refractivity contribution >= 4 is 43.1 Å². The van der Waals surface area contributed by atoms with Gasteiger partial charge in [0.05, 0.1) is 32.7 Å². The molecule has 0 atom stereocenters. The molecular weight excluding hydrogens is 1480 g/mol. The normalized spacial score (nSPS) is 17.3. The third-order valence-electron chi connectivity index (χ3n) is 30.3. The maximum Gasteiger partial charge on any atom is 0.223 e. The van der Waals surface area contributed by atoms with Crippen molar-refractivity contribution in [2.75, 3.05) is 0 Å². The van der Waals surface area contributed by atoms with Gasteiger partial charge in [0.1, 0.15) is 39.8 Å². The Kier molecular flexibility index (Phi) is 24.8. The first-order valence-electron chi connectivity index (χ1n) is 46.0. The fraction of sp³-hybridized carbons (Fsp3) is 0.426. The maximum absolute atomic E-state index is 15.3. The summed E-state index contributed by atoms with van der Waals surface area (Å²) >= 11 is 0. The molecule has 121 heavy (non-hydrogen) atoms. The van der Waals surface area contributed by atoms with Crippen LogP contribution in [0.3, 0.4) is 0 Å². The topological polar surface area (TPSA) is 15.5 Å². The van der Waals surface area contributed by atoms with Crippen LogP contribution in [-0.4, -0.2) is 0 Å². The van der Waals surface area contributed by atoms with Crippen molar-refractivity contribution in [3.05, 3.63) is 283 Å². The van der Waals surface area contributed by atoms with E-state index in [9.17, 15) is 4.39 Å². The van der Waals surface area contributed by atoms with E-state index in [4.69, 9.17) is 0 Å². The quantitative estimate of drug-likeness (QED) is 0.128. The van der Waals surface area contributed by atoms with E-state index in [1.165, 1.54) is 238 Å². The van der Waals surface area contributed by atoms with Crippen LogP contribution < -0.4 is 18.3 Å². The van der Waals surface area contributed by atoms with Crippen LogP contribution in [0.1, 0.15) is 277 Å². The van der Waals surface area contributed by atoms with Gasteiger partial charge in [-0.05, 0) is 401 Å². The minimum atomic E-state index is -0.102. The third-order valence-corrected chi connectivity index (χ3v) is 30.3. The molecule has 628 valence electrons. The van der Waals surface area contributed by atoms with Gasteiger partial charge in [-0.15, -0.1) is 0 Å². The Morgan fingerprint density at radius 2 is 0.628 bits per heavy atom.